The van der Waals surface area contributed by atoms with Crippen molar-refractivity contribution in [3.05, 3.63) is 215 Å². The number of fused-ring (bicyclic) bond motifs is 5. The van der Waals surface area contributed by atoms with Gasteiger partial charge in [0.25, 0.3) is 23.3 Å². The normalized spacial score (nSPS) is 12.6. The van der Waals surface area contributed by atoms with Crippen molar-refractivity contribution in [3.8, 4) is 57.6 Å². The summed E-state index contributed by atoms with van der Waals surface area (Å²) in [5.41, 5.74) is -4.76. The fourth-order valence-electron chi connectivity index (χ4n) is 13.9. The molecule has 15 aromatic heterocycles. The third-order valence-electron chi connectivity index (χ3n) is 21.0. The van der Waals surface area contributed by atoms with Gasteiger partial charge < -0.3 is 46.1 Å². The van der Waals surface area contributed by atoms with Gasteiger partial charge in [-0.2, -0.15) is 86.8 Å². The van der Waals surface area contributed by atoms with E-state index >= 15 is 0 Å². The fraction of sp³-hybridized carbons (Fsp3) is 0.309. The van der Waals surface area contributed by atoms with E-state index in [9.17, 15) is 145 Å². The van der Waals surface area contributed by atoms with E-state index in [4.69, 9.17) is 5.11 Å². The van der Waals surface area contributed by atoms with Crippen molar-refractivity contribution in [2.45, 2.75) is 117 Å². The maximum Gasteiger partial charge on any atom is 0.422 e. The Hall–Kier alpha value is -14.2. The van der Waals surface area contributed by atoms with Gasteiger partial charge >= 0.3 is 58.7 Å². The van der Waals surface area contributed by atoms with Crippen molar-refractivity contribution < 1.29 is 147 Å². The molecule has 0 unspecified atom stereocenters. The number of aliphatic hydroxyl groups excluding tert-OH is 1. The number of carbonyl (C=O) groups is 1. The van der Waals surface area contributed by atoms with Crippen LogP contribution in [0.1, 0.15) is 96.4 Å². The summed E-state index contributed by atoms with van der Waals surface area (Å²) < 4.78 is 317. The number of ketones is 1. The molecule has 15 aromatic rings. The molecular formula is C81H76F14N20O19S5. The van der Waals surface area contributed by atoms with Crippen LogP contribution in [0.5, 0.6) is 0 Å². The van der Waals surface area contributed by atoms with Crippen molar-refractivity contribution in [1.29, 1.82) is 0 Å². The molecule has 0 aliphatic carbocycles. The van der Waals surface area contributed by atoms with Gasteiger partial charge in [-0.05, 0) is 98.1 Å². The number of pyridine rings is 10. The number of rotatable bonds is 18. The first kappa shape index (κ1) is 105. The van der Waals surface area contributed by atoms with E-state index in [1.165, 1.54) is 118 Å². The summed E-state index contributed by atoms with van der Waals surface area (Å²) in [7, 11) is -13.2. The maximum atomic E-state index is 13.6. The number of halogens is 14. The number of carbonyl (C=O) groups excluding carboxylic acids is 1. The zero-order chi connectivity index (χ0) is 104. The monoisotopic (exact) mass is 2060 g/mol. The average Bonchev–Trinajstić information content (AvgIpc) is 1.70. The van der Waals surface area contributed by atoms with Gasteiger partial charge in [0.2, 0.25) is 17.5 Å². The number of hydrogen-bond acceptors (Lipinski definition) is 27. The van der Waals surface area contributed by atoms with Crippen LogP contribution in [-0.2, 0) is 115 Å². The van der Waals surface area contributed by atoms with Crippen LogP contribution in [0, 0.1) is 57.2 Å². The quantitative estimate of drug-likeness (QED) is 0.0362. The van der Waals surface area contributed by atoms with Crippen molar-refractivity contribution >= 4 is 111 Å². The zero-order valence-corrected chi connectivity index (χ0v) is 78.5. The standard InChI is InChI=1S/C17H15F5N4O3S.C17H15F3N4O5S.C16H15F3N4O4S.C16H15F3N4O3S.C15H16N4O4S/c1-4-30(28,29)12-6-9(17(20,21)22)7-23-13(12)14-24-11-5-10(16(2,18)19)8-26(27)15(11)25(14)3;1-3-30(28,29)13-5-10(17(18,19)20)6-21-14(13)15-22-11-4-9(12(26)8-25)7-24(27)16(11)23(15)2;1-4-28(26,27)12-6-10(16(17,18)19)8-22(24)13(12)14-20-11-5-9(2)7-23(25)15(11)21(14)3;1-4-27(25,26)12-6-10(16(17,18)19)8-23(24)13(12)15-21-11-5-9(2)7-20-14(11)22(15)3;1-4-24(22,23)12-6-5-7-18(20)13(12)14-16-11-8-10(2)9-19(21)15(11)17(14)3/h5-8H,4H2,1-3H3;4-7,25H,3,8H2,1-2H3;5-8H,4H2,1-3H3;5-8H,4H2,1-3H3;5-9H,4H2,1-3H3. The van der Waals surface area contributed by atoms with Crippen LogP contribution in [0.25, 0.3) is 113 Å². The molecule has 0 atom stereocenters. The lowest BCUT2D eigenvalue weighted by molar-refractivity contribution is -0.597. The van der Waals surface area contributed by atoms with Crippen molar-refractivity contribution in [2.24, 2.45) is 35.2 Å². The minimum Gasteiger partial charge on any atom is -0.711 e. The van der Waals surface area contributed by atoms with Crippen molar-refractivity contribution in [3.63, 3.8) is 0 Å². The first-order valence-electron chi connectivity index (χ1n) is 40.0. The topological polar surface area (TPSA) is 524 Å². The highest BCUT2D eigenvalue weighted by molar-refractivity contribution is 7.92. The van der Waals surface area contributed by atoms with Gasteiger partial charge in [0.15, 0.2) is 101 Å². The van der Waals surface area contributed by atoms with E-state index in [0.29, 0.717) is 103 Å². The van der Waals surface area contributed by atoms with Gasteiger partial charge in [-0.15, -0.1) is 0 Å². The number of alkyl halides is 14. The lowest BCUT2D eigenvalue weighted by Crippen LogP contribution is -2.35. The Bertz CT molecular complexity index is 8110. The largest absolute Gasteiger partial charge is 0.711 e. The number of aromatic nitrogens is 20. The zero-order valence-electron chi connectivity index (χ0n) is 74.4. The molecule has 58 heteroatoms. The highest BCUT2D eigenvalue weighted by atomic mass is 32.2. The molecule has 0 spiro atoms. The Morgan fingerprint density at radius 1 is 0.353 bits per heavy atom. The Morgan fingerprint density at radius 2 is 0.662 bits per heavy atom. The number of nitrogens with zero attached hydrogens (tertiary/aromatic N) is 20. The lowest BCUT2D eigenvalue weighted by Gasteiger charge is -2.13. The number of imidazole rings is 5. The molecule has 0 bridgehead atoms. The number of hydrogen-bond donors (Lipinski definition) is 1. The van der Waals surface area contributed by atoms with Gasteiger partial charge in [-0.25, -0.2) is 108 Å². The van der Waals surface area contributed by atoms with Gasteiger partial charge in [-0.3, -0.25) is 4.79 Å². The van der Waals surface area contributed by atoms with E-state index in [1.54, 1.807) is 52.2 Å². The second-order valence-electron chi connectivity index (χ2n) is 30.7. The molecule has 0 radical (unpaired) electrons. The fourth-order valence-corrected chi connectivity index (χ4v) is 19.3. The Balaban J connectivity index is 0.000000167. The Labute approximate surface area is 776 Å². The van der Waals surface area contributed by atoms with E-state index in [0.717, 1.165) is 22.4 Å². The molecule has 0 aromatic carbocycles. The van der Waals surface area contributed by atoms with Gasteiger partial charge in [0.1, 0.15) is 61.7 Å². The molecular weight excluding hydrogens is 1980 g/mol. The maximum absolute atomic E-state index is 13.6. The summed E-state index contributed by atoms with van der Waals surface area (Å²) in [5, 5.41) is 95.1. The summed E-state index contributed by atoms with van der Waals surface area (Å²) in [6, 6.07) is 11.6. The molecule has 15 rings (SSSR count). The van der Waals surface area contributed by atoms with E-state index in [-0.39, 0.29) is 116 Å². The number of sulfone groups is 5. The molecule has 0 saturated heterocycles. The van der Waals surface area contributed by atoms with Crippen LogP contribution < -0.4 is 33.1 Å². The summed E-state index contributed by atoms with van der Waals surface area (Å²) >= 11 is 0. The molecule has 0 amide bonds. The second kappa shape index (κ2) is 38.0. The molecule has 0 aliphatic rings. The minimum atomic E-state index is -4.91. The van der Waals surface area contributed by atoms with Crippen LogP contribution in [0.4, 0.5) is 61.5 Å². The van der Waals surface area contributed by atoms with E-state index < -0.39 is 180 Å². The summed E-state index contributed by atoms with van der Waals surface area (Å²) in [4.78, 5) is 41.0. The number of aliphatic hydroxyl groups is 1. The predicted octanol–water partition coefficient (Wildman–Crippen LogP) is 9.08. The predicted molar refractivity (Wildman–Crippen MR) is 461 cm³/mol. The highest BCUT2D eigenvalue weighted by Crippen LogP contribution is 2.41. The van der Waals surface area contributed by atoms with Gasteiger partial charge in [-0.1, -0.05) is 34.6 Å². The first-order valence-corrected chi connectivity index (χ1v) is 48.3. The summed E-state index contributed by atoms with van der Waals surface area (Å²) in [6.45, 7) is 11.5. The molecule has 1 N–H and O–H groups in total. The third kappa shape index (κ3) is 21.0. The molecule has 0 aliphatic heterocycles. The first-order chi connectivity index (χ1) is 64.1. The minimum absolute atomic E-state index is 0.0247. The van der Waals surface area contributed by atoms with E-state index in [1.807, 2.05) is 0 Å². The smallest absolute Gasteiger partial charge is 0.422 e. The highest BCUT2D eigenvalue weighted by Gasteiger charge is 2.45. The lowest BCUT2D eigenvalue weighted by atomic mass is 10.2. The van der Waals surface area contributed by atoms with Gasteiger partial charge in [0, 0.05) is 38.6 Å². The third-order valence-corrected chi connectivity index (χ3v) is 29.8. The summed E-state index contributed by atoms with van der Waals surface area (Å²) in [6.07, 6.45) is -11.0. The van der Waals surface area contributed by atoms with Crippen LogP contribution >= 0.6 is 0 Å². The number of aryl methyl sites for hydroxylation is 8. The van der Waals surface area contributed by atoms with Crippen LogP contribution in [0.2, 0.25) is 0 Å². The van der Waals surface area contributed by atoms with E-state index in [2.05, 4.69) is 39.9 Å². The Morgan fingerprint density at radius 3 is 1.04 bits per heavy atom. The SMILES string of the molecule is CCS(=O)(=O)c1cc(C(F)(F)F)c[n+]([O-])c1-c1nc2cc(C)c[n+]([O-])c2n1C.CCS(=O)(=O)c1cc(C(F)(F)F)c[n+]([O-])c1-c1nc2cc(C)cnc2n1C.CCS(=O)(=O)c1cc(C(F)(F)F)cnc1-c1nc2cc(C(=O)CO)c[n+]([O-])c2n1C.CCS(=O)(=O)c1cc(C(F)(F)F)cnc1-c1nc2cc(C(C)(F)F)c[n+]([O-])c2n1C.CCS(=O)(=O)c1ccc[n+]([O-])c1-c1nc2cc(C)c[n+]([O-])c2n1C. The Kier molecular flexibility index (Phi) is 28.8. The summed E-state index contributed by atoms with van der Waals surface area (Å²) in [5.74, 6) is -6.84. The second-order valence-corrected chi connectivity index (χ2v) is 41.9. The van der Waals surface area contributed by atoms with Crippen molar-refractivity contribution in [1.82, 2.24) is 62.7 Å². The molecule has 39 nitrogen and oxygen atoms in total. The number of Topliss-reactive ketones (excluding diaryl/α,β-unsaturated/α-hetero) is 1. The molecule has 0 fully saturated rings. The molecule has 742 valence electrons. The molecule has 0 saturated carbocycles. The average molecular weight is 2060 g/mol. The molecule has 139 heavy (non-hydrogen) atoms. The van der Waals surface area contributed by atoms with Crippen LogP contribution in [-0.4, -0.2) is 151 Å². The van der Waals surface area contributed by atoms with Crippen LogP contribution in [0.15, 0.2) is 153 Å². The van der Waals surface area contributed by atoms with Gasteiger partial charge in [0.05, 0.1) is 101 Å². The van der Waals surface area contributed by atoms with Crippen LogP contribution in [0.3, 0.4) is 0 Å². The van der Waals surface area contributed by atoms with Crippen molar-refractivity contribution in [2.75, 3.05) is 35.4 Å². The molecule has 15 heterocycles.